The van der Waals surface area contributed by atoms with E-state index in [1.54, 1.807) is 13.2 Å². The number of nitrogens with zero attached hydrogens (tertiary/aromatic N) is 5. The van der Waals surface area contributed by atoms with E-state index in [1.807, 2.05) is 48.2 Å². The Bertz CT molecular complexity index is 890. The van der Waals surface area contributed by atoms with E-state index in [-0.39, 0.29) is 24.0 Å². The minimum atomic E-state index is 0. The molecule has 0 amide bonds. The second-order valence-corrected chi connectivity index (χ2v) is 6.64. The van der Waals surface area contributed by atoms with Gasteiger partial charge in [-0.1, -0.05) is 12.1 Å². The van der Waals surface area contributed by atoms with E-state index in [9.17, 15) is 0 Å². The van der Waals surface area contributed by atoms with Crippen molar-refractivity contribution in [1.29, 1.82) is 0 Å². The molecular formula is C21H28IN7. The highest BCUT2D eigenvalue weighted by Gasteiger charge is 2.02. The fourth-order valence-corrected chi connectivity index (χ4v) is 2.78. The highest BCUT2D eigenvalue weighted by molar-refractivity contribution is 14.0. The molecule has 2 N–H and O–H groups in total. The Morgan fingerprint density at radius 3 is 2.52 bits per heavy atom. The molecule has 154 valence electrons. The van der Waals surface area contributed by atoms with Crippen LogP contribution in [0.4, 0.5) is 5.82 Å². The van der Waals surface area contributed by atoms with E-state index in [0.29, 0.717) is 6.54 Å². The van der Waals surface area contributed by atoms with Crippen LogP contribution in [0.15, 0.2) is 66.0 Å². The number of anilines is 1. The van der Waals surface area contributed by atoms with Gasteiger partial charge in [-0.05, 0) is 47.9 Å². The van der Waals surface area contributed by atoms with E-state index in [1.165, 1.54) is 5.56 Å². The summed E-state index contributed by atoms with van der Waals surface area (Å²) in [6, 6.07) is 14.4. The molecule has 8 heteroatoms. The van der Waals surface area contributed by atoms with Crippen LogP contribution in [0.1, 0.15) is 11.1 Å². The van der Waals surface area contributed by atoms with Crippen molar-refractivity contribution in [2.45, 2.75) is 13.0 Å². The first-order valence-corrected chi connectivity index (χ1v) is 9.31. The standard InChI is InChI=1S/C21H27N7.HI/c1-22-21(25-16-18-10-12-23-20(15-18)27(2)3)24-13-9-17-5-7-19(8-6-17)28-14-4-11-26-28;/h4-8,10-12,14-15H,9,13,16H2,1-3H3,(H2,22,24,25);1H. The van der Waals surface area contributed by atoms with Gasteiger partial charge in [0.2, 0.25) is 0 Å². The second-order valence-electron chi connectivity index (χ2n) is 6.64. The van der Waals surface area contributed by atoms with E-state index < -0.39 is 0 Å². The Kier molecular flexibility index (Phi) is 8.91. The summed E-state index contributed by atoms with van der Waals surface area (Å²) < 4.78 is 1.86. The summed E-state index contributed by atoms with van der Waals surface area (Å²) in [7, 11) is 5.76. The summed E-state index contributed by atoms with van der Waals surface area (Å²) >= 11 is 0. The first-order valence-electron chi connectivity index (χ1n) is 9.31. The van der Waals surface area contributed by atoms with Gasteiger partial charge in [0.25, 0.3) is 0 Å². The second kappa shape index (κ2) is 11.4. The molecule has 0 atom stereocenters. The van der Waals surface area contributed by atoms with Gasteiger partial charge in [0, 0.05) is 52.8 Å². The van der Waals surface area contributed by atoms with Gasteiger partial charge < -0.3 is 15.5 Å². The number of guanidine groups is 1. The molecule has 1 aromatic carbocycles. The van der Waals surface area contributed by atoms with Crippen molar-refractivity contribution in [3.05, 3.63) is 72.2 Å². The third kappa shape index (κ3) is 6.74. The molecule has 0 unspecified atom stereocenters. The van der Waals surface area contributed by atoms with E-state index in [2.05, 4.69) is 56.0 Å². The van der Waals surface area contributed by atoms with Crippen LogP contribution in [0, 0.1) is 0 Å². The van der Waals surface area contributed by atoms with Crippen molar-refractivity contribution < 1.29 is 0 Å². The van der Waals surface area contributed by atoms with E-state index in [4.69, 9.17) is 0 Å². The Balaban J connectivity index is 0.00000300. The van der Waals surface area contributed by atoms with Gasteiger partial charge in [0.05, 0.1) is 5.69 Å². The number of hydrogen-bond acceptors (Lipinski definition) is 4. The number of aliphatic imine (C=N–C) groups is 1. The lowest BCUT2D eigenvalue weighted by Crippen LogP contribution is -2.37. The zero-order chi connectivity index (χ0) is 19.8. The van der Waals surface area contributed by atoms with Gasteiger partial charge in [-0.2, -0.15) is 5.10 Å². The van der Waals surface area contributed by atoms with Crippen LogP contribution in [-0.2, 0) is 13.0 Å². The Hall–Kier alpha value is -2.62. The summed E-state index contributed by atoms with van der Waals surface area (Å²) in [6.45, 7) is 1.50. The van der Waals surface area contributed by atoms with Crippen LogP contribution in [0.2, 0.25) is 0 Å². The maximum absolute atomic E-state index is 4.34. The molecule has 0 spiro atoms. The Labute approximate surface area is 189 Å². The summed E-state index contributed by atoms with van der Waals surface area (Å²) in [5.74, 6) is 1.73. The van der Waals surface area contributed by atoms with Crippen molar-refractivity contribution >= 4 is 35.8 Å². The highest BCUT2D eigenvalue weighted by Crippen LogP contribution is 2.10. The number of halogens is 1. The third-order valence-corrected chi connectivity index (χ3v) is 4.36. The molecule has 0 bridgehead atoms. The van der Waals surface area contributed by atoms with Crippen molar-refractivity contribution in [3.63, 3.8) is 0 Å². The molecule has 0 aliphatic rings. The predicted octanol–water partition coefficient (Wildman–Crippen LogP) is 2.86. The van der Waals surface area contributed by atoms with Crippen LogP contribution in [0.25, 0.3) is 5.69 Å². The smallest absolute Gasteiger partial charge is 0.191 e. The highest BCUT2D eigenvalue weighted by atomic mass is 127. The Morgan fingerprint density at radius 1 is 1.07 bits per heavy atom. The maximum Gasteiger partial charge on any atom is 0.191 e. The lowest BCUT2D eigenvalue weighted by atomic mass is 10.1. The molecule has 2 heterocycles. The molecule has 3 rings (SSSR count). The quantitative estimate of drug-likeness (QED) is 0.294. The van der Waals surface area contributed by atoms with Crippen molar-refractivity contribution in [1.82, 2.24) is 25.4 Å². The fraction of sp³-hybridized carbons (Fsp3) is 0.286. The molecule has 0 saturated carbocycles. The minimum absolute atomic E-state index is 0. The zero-order valence-electron chi connectivity index (χ0n) is 17.0. The van der Waals surface area contributed by atoms with E-state index in [0.717, 1.165) is 36.0 Å². The summed E-state index contributed by atoms with van der Waals surface area (Å²) in [4.78, 5) is 10.6. The summed E-state index contributed by atoms with van der Waals surface area (Å²) in [5.41, 5.74) is 3.49. The summed E-state index contributed by atoms with van der Waals surface area (Å²) in [6.07, 6.45) is 6.47. The molecule has 0 radical (unpaired) electrons. The van der Waals surface area contributed by atoms with Crippen LogP contribution >= 0.6 is 24.0 Å². The zero-order valence-corrected chi connectivity index (χ0v) is 19.4. The van der Waals surface area contributed by atoms with Gasteiger partial charge in [-0.3, -0.25) is 4.99 Å². The van der Waals surface area contributed by atoms with Crippen molar-refractivity contribution in [2.24, 2.45) is 4.99 Å². The first kappa shape index (κ1) is 22.7. The number of benzene rings is 1. The average Bonchev–Trinajstić information content (AvgIpc) is 3.26. The number of pyridine rings is 1. The number of hydrogen-bond donors (Lipinski definition) is 2. The molecular weight excluding hydrogens is 477 g/mol. The van der Waals surface area contributed by atoms with E-state index >= 15 is 0 Å². The topological polar surface area (TPSA) is 70.4 Å². The monoisotopic (exact) mass is 505 g/mol. The molecule has 0 fully saturated rings. The molecule has 0 aliphatic heterocycles. The number of aromatic nitrogens is 3. The number of nitrogens with one attached hydrogen (secondary N) is 2. The molecule has 3 aromatic rings. The van der Waals surface area contributed by atoms with Gasteiger partial charge in [-0.25, -0.2) is 9.67 Å². The molecule has 0 saturated heterocycles. The normalized spacial score (nSPS) is 10.9. The molecule has 29 heavy (non-hydrogen) atoms. The maximum atomic E-state index is 4.34. The van der Waals surface area contributed by atoms with Gasteiger partial charge in [-0.15, -0.1) is 24.0 Å². The third-order valence-electron chi connectivity index (χ3n) is 4.36. The average molecular weight is 505 g/mol. The lowest BCUT2D eigenvalue weighted by molar-refractivity contribution is 0.793. The molecule has 0 aliphatic carbocycles. The van der Waals surface area contributed by atoms with Crippen molar-refractivity contribution in [2.75, 3.05) is 32.6 Å². The summed E-state index contributed by atoms with van der Waals surface area (Å²) in [5, 5.41) is 11.0. The van der Waals surface area contributed by atoms with Crippen molar-refractivity contribution in [3.8, 4) is 5.69 Å². The van der Waals surface area contributed by atoms with Gasteiger partial charge in [0.1, 0.15) is 5.82 Å². The minimum Gasteiger partial charge on any atom is -0.363 e. The largest absolute Gasteiger partial charge is 0.363 e. The molecule has 2 aromatic heterocycles. The lowest BCUT2D eigenvalue weighted by Gasteiger charge is -2.14. The van der Waals surface area contributed by atoms with Gasteiger partial charge >= 0.3 is 0 Å². The fourth-order valence-electron chi connectivity index (χ4n) is 2.78. The Morgan fingerprint density at radius 2 is 1.86 bits per heavy atom. The predicted molar refractivity (Wildman–Crippen MR) is 129 cm³/mol. The first-order chi connectivity index (χ1) is 13.7. The van der Waals surface area contributed by atoms with Crippen LogP contribution in [0.3, 0.4) is 0 Å². The van der Waals surface area contributed by atoms with Crippen LogP contribution in [-0.4, -0.2) is 48.4 Å². The SMILES string of the molecule is CN=C(NCCc1ccc(-n2cccn2)cc1)NCc1ccnc(N(C)C)c1.I. The van der Waals surface area contributed by atoms with Gasteiger partial charge in [0.15, 0.2) is 5.96 Å². The number of rotatable bonds is 7. The molecule has 7 nitrogen and oxygen atoms in total. The van der Waals surface area contributed by atoms with Crippen LogP contribution < -0.4 is 15.5 Å². The van der Waals surface area contributed by atoms with Crippen LogP contribution in [0.5, 0.6) is 0 Å².